The van der Waals surface area contributed by atoms with E-state index in [0.29, 0.717) is 17.2 Å². The standard InChI is InChI=1S/C31H32BrF3N4O3/c32-25-16-24(31(33,34)35)17-26(18-25)38-30(36)39(27-12-10-22(11-13-27)21-4-2-1-3-5-21)19-20-6-8-23(9-7-20)29(42)37-15-14-28(40)41/h6-13,16-18,21H,1-5,14-15,19H2,(H2,36,38)(H,37,42)(H,40,41). The zero-order valence-electron chi connectivity index (χ0n) is 22.8. The van der Waals surface area contributed by atoms with Gasteiger partial charge in [-0.2, -0.15) is 13.2 Å². The van der Waals surface area contributed by atoms with E-state index in [1.165, 1.54) is 30.9 Å². The molecule has 1 aliphatic rings. The Morgan fingerprint density at radius 2 is 1.64 bits per heavy atom. The van der Waals surface area contributed by atoms with Crippen LogP contribution in [0.1, 0.15) is 71.5 Å². The molecule has 3 aromatic carbocycles. The average molecular weight is 646 g/mol. The Kier molecular flexibility index (Phi) is 10.3. The lowest BCUT2D eigenvalue weighted by Crippen LogP contribution is -2.35. The van der Waals surface area contributed by atoms with E-state index < -0.39 is 23.6 Å². The number of halogens is 4. The number of anilines is 2. The maximum Gasteiger partial charge on any atom is 0.416 e. The van der Waals surface area contributed by atoms with Crippen molar-refractivity contribution in [3.8, 4) is 0 Å². The second-order valence-corrected chi connectivity index (χ2v) is 11.2. The van der Waals surface area contributed by atoms with Gasteiger partial charge in [-0.05, 0) is 72.4 Å². The third-order valence-corrected chi connectivity index (χ3v) is 7.68. The van der Waals surface area contributed by atoms with Gasteiger partial charge in [0.05, 0.1) is 18.5 Å². The number of amides is 1. The van der Waals surface area contributed by atoms with Gasteiger partial charge in [-0.25, -0.2) is 0 Å². The number of benzene rings is 3. The van der Waals surface area contributed by atoms with Gasteiger partial charge in [-0.3, -0.25) is 15.0 Å². The summed E-state index contributed by atoms with van der Waals surface area (Å²) in [5.41, 5.74) is 2.30. The number of nitrogens with one attached hydrogen (secondary N) is 3. The lowest BCUT2D eigenvalue weighted by molar-refractivity contribution is -0.138. The minimum atomic E-state index is -4.54. The molecule has 0 aliphatic heterocycles. The lowest BCUT2D eigenvalue weighted by Gasteiger charge is -2.27. The summed E-state index contributed by atoms with van der Waals surface area (Å²) in [6, 6.07) is 18.0. The minimum absolute atomic E-state index is 0.00896. The van der Waals surface area contributed by atoms with E-state index in [2.05, 4.69) is 38.7 Å². The number of carboxylic acids is 1. The van der Waals surface area contributed by atoms with Gasteiger partial charge in [0.2, 0.25) is 0 Å². The van der Waals surface area contributed by atoms with Gasteiger partial charge < -0.3 is 20.6 Å². The van der Waals surface area contributed by atoms with E-state index >= 15 is 0 Å². The molecule has 222 valence electrons. The summed E-state index contributed by atoms with van der Waals surface area (Å²) in [7, 11) is 0. The van der Waals surface area contributed by atoms with Crippen molar-refractivity contribution in [2.45, 2.75) is 57.2 Å². The molecule has 11 heteroatoms. The molecule has 0 saturated heterocycles. The normalized spacial score (nSPS) is 13.8. The van der Waals surface area contributed by atoms with Gasteiger partial charge in [0, 0.05) is 28.0 Å². The first-order valence-corrected chi connectivity index (χ1v) is 14.5. The number of aliphatic carboxylic acids is 1. The topological polar surface area (TPSA) is 106 Å². The van der Waals surface area contributed by atoms with Gasteiger partial charge in [0.25, 0.3) is 5.91 Å². The van der Waals surface area contributed by atoms with Gasteiger partial charge >= 0.3 is 12.1 Å². The molecule has 0 spiro atoms. The number of carboxylic acid groups (broad SMARTS) is 1. The van der Waals surface area contributed by atoms with Gasteiger partial charge in [0.1, 0.15) is 0 Å². The van der Waals surface area contributed by atoms with E-state index in [0.717, 1.165) is 30.5 Å². The van der Waals surface area contributed by atoms with Crippen molar-refractivity contribution < 1.29 is 27.9 Å². The van der Waals surface area contributed by atoms with E-state index in [9.17, 15) is 22.8 Å². The number of guanidine groups is 1. The predicted molar refractivity (Wildman–Crippen MR) is 160 cm³/mol. The van der Waals surface area contributed by atoms with Crippen LogP contribution in [0.2, 0.25) is 0 Å². The number of carbonyl (C=O) groups excluding carboxylic acids is 1. The van der Waals surface area contributed by atoms with E-state index in [-0.39, 0.29) is 35.6 Å². The lowest BCUT2D eigenvalue weighted by atomic mass is 9.84. The molecule has 1 fully saturated rings. The Bertz CT molecular complexity index is 1410. The van der Waals surface area contributed by atoms with Crippen LogP contribution in [0.5, 0.6) is 0 Å². The Hall–Kier alpha value is -3.86. The number of hydrogen-bond acceptors (Lipinski definition) is 3. The molecule has 1 saturated carbocycles. The maximum absolute atomic E-state index is 13.4. The Balaban J connectivity index is 1.56. The fourth-order valence-corrected chi connectivity index (χ4v) is 5.51. The number of rotatable bonds is 9. The van der Waals surface area contributed by atoms with Crippen LogP contribution in [0.4, 0.5) is 24.5 Å². The third kappa shape index (κ3) is 8.58. The summed E-state index contributed by atoms with van der Waals surface area (Å²) >= 11 is 3.13. The first kappa shape index (κ1) is 31.1. The molecule has 0 radical (unpaired) electrons. The SMILES string of the molecule is N=C(Nc1cc(Br)cc(C(F)(F)F)c1)N(Cc1ccc(C(=O)NCCC(=O)O)cc1)c1ccc(C2CCCCC2)cc1. The van der Waals surface area contributed by atoms with E-state index in [1.54, 1.807) is 29.2 Å². The molecule has 3 aromatic rings. The summed E-state index contributed by atoms with van der Waals surface area (Å²) in [5, 5.41) is 23.0. The van der Waals surface area contributed by atoms with Crippen LogP contribution in [0.15, 0.2) is 71.2 Å². The van der Waals surface area contributed by atoms with Crippen molar-refractivity contribution in [2.24, 2.45) is 0 Å². The van der Waals surface area contributed by atoms with Crippen molar-refractivity contribution in [1.82, 2.24) is 5.32 Å². The molecule has 0 aromatic heterocycles. The van der Waals surface area contributed by atoms with Crippen molar-refractivity contribution in [2.75, 3.05) is 16.8 Å². The van der Waals surface area contributed by atoms with Crippen LogP contribution in [0, 0.1) is 5.41 Å². The highest BCUT2D eigenvalue weighted by molar-refractivity contribution is 9.10. The fourth-order valence-electron chi connectivity index (χ4n) is 5.02. The Labute approximate surface area is 250 Å². The molecule has 1 aliphatic carbocycles. The number of alkyl halides is 3. The minimum Gasteiger partial charge on any atom is -0.481 e. The van der Waals surface area contributed by atoms with Crippen LogP contribution in [-0.2, 0) is 17.5 Å². The smallest absolute Gasteiger partial charge is 0.416 e. The highest BCUT2D eigenvalue weighted by Gasteiger charge is 2.31. The molecule has 0 atom stereocenters. The summed E-state index contributed by atoms with van der Waals surface area (Å²) in [5.74, 6) is -1.04. The molecule has 4 rings (SSSR count). The molecule has 4 N–H and O–H groups in total. The molecule has 0 bridgehead atoms. The van der Waals surface area contributed by atoms with Crippen molar-refractivity contribution in [3.63, 3.8) is 0 Å². The molecule has 0 unspecified atom stereocenters. The van der Waals surface area contributed by atoms with Crippen molar-refractivity contribution >= 4 is 45.1 Å². The zero-order valence-corrected chi connectivity index (χ0v) is 24.4. The van der Waals surface area contributed by atoms with E-state index in [1.807, 2.05) is 12.1 Å². The van der Waals surface area contributed by atoms with Gasteiger partial charge in [-0.1, -0.05) is 59.5 Å². The molecular weight excluding hydrogens is 613 g/mol. The zero-order chi connectivity index (χ0) is 30.3. The molecule has 1 amide bonds. The number of nitrogens with zero attached hydrogens (tertiary/aromatic N) is 1. The first-order chi connectivity index (χ1) is 20.0. The Morgan fingerprint density at radius 3 is 2.26 bits per heavy atom. The summed E-state index contributed by atoms with van der Waals surface area (Å²) in [6.45, 7) is 0.213. The van der Waals surface area contributed by atoms with Gasteiger partial charge in [-0.15, -0.1) is 0 Å². The van der Waals surface area contributed by atoms with E-state index in [4.69, 9.17) is 10.5 Å². The maximum atomic E-state index is 13.4. The fraction of sp³-hybridized carbons (Fsp3) is 0.323. The summed E-state index contributed by atoms with van der Waals surface area (Å²) in [4.78, 5) is 24.7. The third-order valence-electron chi connectivity index (χ3n) is 7.22. The molecule has 0 heterocycles. The van der Waals surface area contributed by atoms with Crippen LogP contribution in [-0.4, -0.2) is 29.5 Å². The second kappa shape index (κ2) is 13.9. The molecule has 7 nitrogen and oxygen atoms in total. The highest BCUT2D eigenvalue weighted by atomic mass is 79.9. The van der Waals surface area contributed by atoms with Crippen molar-refractivity contribution in [1.29, 1.82) is 5.41 Å². The number of hydrogen-bond donors (Lipinski definition) is 4. The quantitative estimate of drug-likeness (QED) is 0.141. The largest absolute Gasteiger partial charge is 0.481 e. The summed E-state index contributed by atoms with van der Waals surface area (Å²) in [6.07, 6.45) is 1.21. The average Bonchev–Trinajstić information content (AvgIpc) is 2.96. The molecule has 42 heavy (non-hydrogen) atoms. The summed E-state index contributed by atoms with van der Waals surface area (Å²) < 4.78 is 40.5. The van der Waals surface area contributed by atoms with Crippen LogP contribution in [0.25, 0.3) is 0 Å². The van der Waals surface area contributed by atoms with Crippen LogP contribution >= 0.6 is 15.9 Å². The molecular formula is C31H32BrF3N4O3. The second-order valence-electron chi connectivity index (χ2n) is 10.3. The monoisotopic (exact) mass is 644 g/mol. The Morgan fingerprint density at radius 1 is 0.976 bits per heavy atom. The predicted octanol–water partition coefficient (Wildman–Crippen LogP) is 7.77. The van der Waals surface area contributed by atoms with Gasteiger partial charge in [0.15, 0.2) is 5.96 Å². The number of carbonyl (C=O) groups is 2. The van der Waals surface area contributed by atoms with Crippen LogP contribution in [0.3, 0.4) is 0 Å². The van der Waals surface area contributed by atoms with Crippen LogP contribution < -0.4 is 15.5 Å². The first-order valence-electron chi connectivity index (χ1n) is 13.7. The van der Waals surface area contributed by atoms with Crippen molar-refractivity contribution in [3.05, 3.63) is 93.5 Å². The highest BCUT2D eigenvalue weighted by Crippen LogP contribution is 2.35.